The van der Waals surface area contributed by atoms with Crippen molar-refractivity contribution in [2.24, 2.45) is 0 Å². The molecule has 2 aromatic carbocycles. The van der Waals surface area contributed by atoms with Gasteiger partial charge in [-0.05, 0) is 43.7 Å². The zero-order valence-electron chi connectivity index (χ0n) is 17.8. The van der Waals surface area contributed by atoms with E-state index in [4.69, 9.17) is 18.9 Å². The van der Waals surface area contributed by atoms with Gasteiger partial charge in [0.1, 0.15) is 11.5 Å². The second kappa shape index (κ2) is 9.36. The van der Waals surface area contributed by atoms with Crippen LogP contribution in [0.5, 0.6) is 23.0 Å². The monoisotopic (exact) mass is 453 g/mol. The van der Waals surface area contributed by atoms with Crippen LogP contribution in [0.25, 0.3) is 0 Å². The van der Waals surface area contributed by atoms with Crippen molar-refractivity contribution in [1.29, 1.82) is 0 Å². The second-order valence-corrected chi connectivity index (χ2v) is 9.73. The van der Waals surface area contributed by atoms with Gasteiger partial charge in [0.05, 0.1) is 38.2 Å². The Morgan fingerprint density at radius 2 is 1.67 bits per heavy atom. The van der Waals surface area contributed by atoms with E-state index < -0.39 is 15.4 Å². The highest BCUT2D eigenvalue weighted by molar-refractivity contribution is 8.01. The average molecular weight is 454 g/mol. The molecule has 0 aliphatic carbocycles. The predicted octanol–water partition coefficient (Wildman–Crippen LogP) is 3.86. The van der Waals surface area contributed by atoms with Crippen molar-refractivity contribution in [1.82, 2.24) is 4.31 Å². The molecule has 1 aliphatic rings. The van der Waals surface area contributed by atoms with Crippen molar-refractivity contribution in [3.05, 3.63) is 41.5 Å². The van der Waals surface area contributed by atoms with E-state index in [0.717, 1.165) is 11.1 Å². The highest BCUT2D eigenvalue weighted by Gasteiger charge is 2.39. The molecular weight excluding hydrogens is 426 g/mol. The third-order valence-corrected chi connectivity index (χ3v) is 8.14. The number of hydrogen-bond donors (Lipinski definition) is 0. The highest BCUT2D eigenvalue weighted by atomic mass is 32.2. The fraction of sp³-hybridized carbons (Fsp3) is 0.429. The van der Waals surface area contributed by atoms with Crippen molar-refractivity contribution in [2.45, 2.75) is 24.1 Å². The summed E-state index contributed by atoms with van der Waals surface area (Å²) < 4.78 is 50.3. The van der Waals surface area contributed by atoms with Crippen LogP contribution < -0.4 is 18.9 Å². The summed E-state index contributed by atoms with van der Waals surface area (Å²) in [5.74, 6) is 2.96. The lowest BCUT2D eigenvalue weighted by molar-refractivity contribution is 0.337. The van der Waals surface area contributed by atoms with Gasteiger partial charge in [0, 0.05) is 23.9 Å². The number of sulfonamides is 1. The summed E-state index contributed by atoms with van der Waals surface area (Å²) in [6.07, 6.45) is 0. The zero-order chi connectivity index (χ0) is 21.9. The molecule has 30 heavy (non-hydrogen) atoms. The smallest absolute Gasteiger partial charge is 0.244 e. The molecule has 0 N–H and O–H groups in total. The van der Waals surface area contributed by atoms with Crippen LogP contribution in [0.15, 0.2) is 35.2 Å². The van der Waals surface area contributed by atoms with Crippen LogP contribution in [-0.4, -0.2) is 53.0 Å². The van der Waals surface area contributed by atoms with Crippen LogP contribution in [0.2, 0.25) is 0 Å². The fourth-order valence-corrected chi connectivity index (χ4v) is 6.76. The SMILES string of the molecule is CCOc1ccc(S(=O)(=O)N2CCSC2c2cc(OC)c(OC)cc2OC)cc1C. The van der Waals surface area contributed by atoms with Crippen LogP contribution >= 0.6 is 11.8 Å². The first-order valence-electron chi connectivity index (χ1n) is 9.54. The minimum absolute atomic E-state index is 0.246. The minimum Gasteiger partial charge on any atom is -0.496 e. The molecule has 0 amide bonds. The van der Waals surface area contributed by atoms with Gasteiger partial charge in [-0.1, -0.05) is 0 Å². The van der Waals surface area contributed by atoms with Gasteiger partial charge in [0.25, 0.3) is 0 Å². The lowest BCUT2D eigenvalue weighted by Gasteiger charge is -2.26. The van der Waals surface area contributed by atoms with Gasteiger partial charge in [0.2, 0.25) is 10.0 Å². The minimum atomic E-state index is -3.72. The summed E-state index contributed by atoms with van der Waals surface area (Å²) in [5.41, 5.74) is 1.51. The van der Waals surface area contributed by atoms with Gasteiger partial charge in [0.15, 0.2) is 11.5 Å². The van der Waals surface area contributed by atoms with E-state index in [-0.39, 0.29) is 4.90 Å². The molecular formula is C21H27NO6S2. The Morgan fingerprint density at radius 1 is 1.00 bits per heavy atom. The largest absolute Gasteiger partial charge is 0.496 e. The summed E-state index contributed by atoms with van der Waals surface area (Å²) in [6, 6.07) is 8.47. The van der Waals surface area contributed by atoms with E-state index in [2.05, 4.69) is 0 Å². The molecule has 1 saturated heterocycles. The highest BCUT2D eigenvalue weighted by Crippen LogP contribution is 2.47. The molecule has 0 bridgehead atoms. The van der Waals surface area contributed by atoms with Gasteiger partial charge >= 0.3 is 0 Å². The quantitative estimate of drug-likeness (QED) is 0.601. The average Bonchev–Trinajstić information content (AvgIpc) is 3.24. The molecule has 1 heterocycles. The Bertz CT molecular complexity index is 1010. The molecule has 2 aromatic rings. The van der Waals surface area contributed by atoms with Gasteiger partial charge in [-0.3, -0.25) is 0 Å². The van der Waals surface area contributed by atoms with Gasteiger partial charge in [-0.15, -0.1) is 11.8 Å². The number of thioether (sulfide) groups is 1. The Balaban J connectivity index is 2.02. The molecule has 0 radical (unpaired) electrons. The number of nitrogens with zero attached hydrogens (tertiary/aromatic N) is 1. The van der Waals surface area contributed by atoms with Gasteiger partial charge in [-0.25, -0.2) is 8.42 Å². The van der Waals surface area contributed by atoms with Crippen molar-refractivity contribution in [3.63, 3.8) is 0 Å². The summed E-state index contributed by atoms with van der Waals surface area (Å²) >= 11 is 1.55. The van der Waals surface area contributed by atoms with Crippen molar-refractivity contribution in [3.8, 4) is 23.0 Å². The van der Waals surface area contributed by atoms with Crippen LogP contribution in [-0.2, 0) is 10.0 Å². The number of rotatable bonds is 8. The normalized spacial score (nSPS) is 17.0. The Morgan fingerprint density at radius 3 is 2.27 bits per heavy atom. The van der Waals surface area contributed by atoms with E-state index in [9.17, 15) is 8.42 Å². The molecule has 0 aromatic heterocycles. The first-order valence-corrected chi connectivity index (χ1v) is 12.0. The molecule has 7 nitrogen and oxygen atoms in total. The Hall–Kier alpha value is -2.10. The summed E-state index contributed by atoms with van der Waals surface area (Å²) in [7, 11) is 0.930. The third kappa shape index (κ3) is 4.19. The van der Waals surface area contributed by atoms with E-state index in [1.54, 1.807) is 63.4 Å². The number of aryl methyl sites for hydroxylation is 1. The molecule has 1 unspecified atom stereocenters. The van der Waals surface area contributed by atoms with Crippen LogP contribution in [0.1, 0.15) is 23.4 Å². The summed E-state index contributed by atoms with van der Waals surface area (Å²) in [4.78, 5) is 0.246. The number of benzene rings is 2. The maximum Gasteiger partial charge on any atom is 0.244 e. The standard InChI is InChI=1S/C21H27NO6S2/c1-6-28-17-8-7-15(11-14(17)2)30(23,24)22-9-10-29-21(22)16-12-19(26-4)20(27-5)13-18(16)25-3/h7-8,11-13,21H,6,9-10H2,1-5H3. The molecule has 1 aliphatic heterocycles. The van der Waals surface area contributed by atoms with Crippen molar-refractivity contribution >= 4 is 21.8 Å². The van der Waals surface area contributed by atoms with Crippen molar-refractivity contribution in [2.75, 3.05) is 40.2 Å². The summed E-state index contributed by atoms with van der Waals surface area (Å²) in [5, 5.41) is -0.434. The molecule has 164 valence electrons. The Labute approximate surface area is 182 Å². The predicted molar refractivity (Wildman–Crippen MR) is 118 cm³/mol. The van der Waals surface area contributed by atoms with Crippen LogP contribution in [0.3, 0.4) is 0 Å². The maximum absolute atomic E-state index is 13.5. The Kier molecular flexibility index (Phi) is 7.05. The molecule has 1 fully saturated rings. The van der Waals surface area contributed by atoms with E-state index >= 15 is 0 Å². The maximum atomic E-state index is 13.5. The van der Waals surface area contributed by atoms with Crippen LogP contribution in [0.4, 0.5) is 0 Å². The second-order valence-electron chi connectivity index (χ2n) is 6.65. The molecule has 9 heteroatoms. The number of methoxy groups -OCH3 is 3. The van der Waals surface area contributed by atoms with E-state index in [1.807, 2.05) is 13.8 Å². The van der Waals surface area contributed by atoms with Crippen LogP contribution in [0, 0.1) is 6.92 Å². The molecule has 0 saturated carbocycles. The molecule has 1 atom stereocenters. The molecule has 3 rings (SSSR count). The number of hydrogen-bond acceptors (Lipinski definition) is 7. The summed E-state index contributed by atoms with van der Waals surface area (Å²) in [6.45, 7) is 4.67. The van der Waals surface area contributed by atoms with E-state index in [0.29, 0.717) is 41.9 Å². The van der Waals surface area contributed by atoms with Gasteiger partial charge in [-0.2, -0.15) is 4.31 Å². The molecule has 0 spiro atoms. The van der Waals surface area contributed by atoms with Crippen molar-refractivity contribution < 1.29 is 27.4 Å². The first kappa shape index (κ1) is 22.6. The number of ether oxygens (including phenoxy) is 4. The first-order chi connectivity index (χ1) is 14.4. The lowest BCUT2D eigenvalue weighted by atomic mass is 10.1. The lowest BCUT2D eigenvalue weighted by Crippen LogP contribution is -2.30. The fourth-order valence-electron chi connectivity index (χ4n) is 3.43. The zero-order valence-corrected chi connectivity index (χ0v) is 19.4. The third-order valence-electron chi connectivity index (χ3n) is 4.90. The topological polar surface area (TPSA) is 74.3 Å². The van der Waals surface area contributed by atoms with Gasteiger partial charge < -0.3 is 18.9 Å². The van der Waals surface area contributed by atoms with E-state index in [1.165, 1.54) is 4.31 Å².